The predicted molar refractivity (Wildman–Crippen MR) is 106 cm³/mol. The summed E-state index contributed by atoms with van der Waals surface area (Å²) in [6.07, 6.45) is 12.0. The Morgan fingerprint density at radius 2 is 1.70 bits per heavy atom. The maximum atomic E-state index is 5.81. The van der Waals surface area contributed by atoms with Crippen LogP contribution in [0.2, 0.25) is 0 Å². The summed E-state index contributed by atoms with van der Waals surface area (Å²) in [6, 6.07) is 10.4. The normalized spacial score (nSPS) is 11.2. The van der Waals surface area contributed by atoms with Gasteiger partial charge in [-0.1, -0.05) is 63.3 Å². The summed E-state index contributed by atoms with van der Waals surface area (Å²) in [4.78, 5) is 0. The third-order valence-corrected chi connectivity index (χ3v) is 5.48. The summed E-state index contributed by atoms with van der Waals surface area (Å²) in [5.41, 5.74) is 2.41. The van der Waals surface area contributed by atoms with Gasteiger partial charge in [0.25, 0.3) is 0 Å². The molecule has 1 nitrogen and oxygen atoms in total. The molecule has 0 radical (unpaired) electrons. The molecule has 1 heterocycles. The van der Waals surface area contributed by atoms with Crippen LogP contribution >= 0.6 is 27.3 Å². The fourth-order valence-corrected chi connectivity index (χ4v) is 3.55. The third-order valence-electron chi connectivity index (χ3n) is 3.75. The number of rotatable bonds is 10. The second-order valence-corrected chi connectivity index (χ2v) is 7.90. The van der Waals surface area contributed by atoms with E-state index in [1.54, 1.807) is 11.3 Å². The molecule has 0 aliphatic rings. The molecule has 1 aromatic carbocycles. The number of ether oxygens (including phenoxy) is 1. The van der Waals surface area contributed by atoms with Gasteiger partial charge >= 0.3 is 0 Å². The first-order valence-corrected chi connectivity index (χ1v) is 10.1. The number of thiophene rings is 1. The van der Waals surface area contributed by atoms with Gasteiger partial charge in [0.15, 0.2) is 0 Å². The molecule has 0 unspecified atom stereocenters. The summed E-state index contributed by atoms with van der Waals surface area (Å²) < 4.78 is 6.98. The van der Waals surface area contributed by atoms with Crippen molar-refractivity contribution in [1.29, 1.82) is 0 Å². The highest BCUT2D eigenvalue weighted by molar-refractivity contribution is 9.11. The van der Waals surface area contributed by atoms with Crippen LogP contribution in [0.5, 0.6) is 5.75 Å². The van der Waals surface area contributed by atoms with Crippen molar-refractivity contribution in [2.24, 2.45) is 0 Å². The number of hydrogen-bond donors (Lipinski definition) is 0. The van der Waals surface area contributed by atoms with E-state index in [9.17, 15) is 0 Å². The van der Waals surface area contributed by atoms with Crippen molar-refractivity contribution in [3.63, 3.8) is 0 Å². The number of benzene rings is 1. The molecule has 23 heavy (non-hydrogen) atoms. The van der Waals surface area contributed by atoms with Crippen LogP contribution in [-0.2, 0) is 0 Å². The quantitative estimate of drug-likeness (QED) is 0.382. The fraction of sp³-hybridized carbons (Fsp3) is 0.400. The van der Waals surface area contributed by atoms with Gasteiger partial charge in [-0.2, -0.15) is 0 Å². The van der Waals surface area contributed by atoms with Crippen LogP contribution in [0.25, 0.3) is 12.2 Å². The molecule has 0 N–H and O–H groups in total. The highest BCUT2D eigenvalue weighted by Gasteiger charge is 1.97. The Kier molecular flexibility index (Phi) is 8.48. The first-order valence-electron chi connectivity index (χ1n) is 8.43. The summed E-state index contributed by atoms with van der Waals surface area (Å²) in [5, 5.41) is 2.09. The van der Waals surface area contributed by atoms with Gasteiger partial charge < -0.3 is 4.74 Å². The van der Waals surface area contributed by atoms with Crippen molar-refractivity contribution < 1.29 is 4.74 Å². The zero-order chi connectivity index (χ0) is 16.3. The van der Waals surface area contributed by atoms with Crippen molar-refractivity contribution in [2.45, 2.75) is 45.4 Å². The molecule has 0 aliphatic heterocycles. The number of hydrogen-bond acceptors (Lipinski definition) is 2. The van der Waals surface area contributed by atoms with E-state index in [2.05, 4.69) is 70.7 Å². The van der Waals surface area contributed by atoms with E-state index in [1.165, 1.54) is 47.0 Å². The highest BCUT2D eigenvalue weighted by atomic mass is 79.9. The van der Waals surface area contributed by atoms with E-state index in [0.717, 1.165) is 18.8 Å². The van der Waals surface area contributed by atoms with Crippen LogP contribution in [0.4, 0.5) is 0 Å². The lowest BCUT2D eigenvalue weighted by molar-refractivity contribution is 0.304. The molecule has 0 atom stereocenters. The van der Waals surface area contributed by atoms with Crippen LogP contribution in [0.3, 0.4) is 0 Å². The molecule has 0 bridgehead atoms. The lowest BCUT2D eigenvalue weighted by atomic mass is 10.1. The van der Waals surface area contributed by atoms with E-state index >= 15 is 0 Å². The van der Waals surface area contributed by atoms with Gasteiger partial charge in [0.1, 0.15) is 5.75 Å². The second-order valence-electron chi connectivity index (χ2n) is 5.67. The third kappa shape index (κ3) is 6.92. The van der Waals surface area contributed by atoms with Crippen molar-refractivity contribution in [2.75, 3.05) is 6.61 Å². The Labute approximate surface area is 152 Å². The van der Waals surface area contributed by atoms with Crippen molar-refractivity contribution in [3.8, 4) is 5.75 Å². The Bertz CT molecular complexity index is 586. The molecule has 2 aromatic rings. The second kappa shape index (κ2) is 10.7. The van der Waals surface area contributed by atoms with Crippen molar-refractivity contribution in [3.05, 3.63) is 50.6 Å². The van der Waals surface area contributed by atoms with E-state index < -0.39 is 0 Å². The molecule has 124 valence electrons. The SMILES string of the molecule is CCCCCCCCOc1ccc(C=Cc2ccsc2Br)cc1. The van der Waals surface area contributed by atoms with E-state index in [1.807, 2.05) is 0 Å². The lowest BCUT2D eigenvalue weighted by Gasteiger charge is -2.06. The van der Waals surface area contributed by atoms with Crippen LogP contribution in [0, 0.1) is 0 Å². The minimum Gasteiger partial charge on any atom is -0.494 e. The molecule has 1 aromatic heterocycles. The first kappa shape index (κ1) is 18.3. The minimum atomic E-state index is 0.823. The lowest BCUT2D eigenvalue weighted by Crippen LogP contribution is -1.97. The standard InChI is InChI=1S/C20H25BrOS/c1-2-3-4-5-6-7-15-22-19-12-9-17(10-13-19)8-11-18-14-16-23-20(18)21/h8-14,16H,2-7,15H2,1H3. The maximum Gasteiger partial charge on any atom is 0.119 e. The van der Waals surface area contributed by atoms with Crippen molar-refractivity contribution in [1.82, 2.24) is 0 Å². The van der Waals surface area contributed by atoms with Gasteiger partial charge in [-0.05, 0) is 57.1 Å². The average molecular weight is 393 g/mol. The molecule has 2 rings (SSSR count). The maximum absolute atomic E-state index is 5.81. The molecule has 0 saturated heterocycles. The monoisotopic (exact) mass is 392 g/mol. The fourth-order valence-electron chi connectivity index (χ4n) is 2.36. The molecule has 0 saturated carbocycles. The van der Waals surface area contributed by atoms with E-state index in [-0.39, 0.29) is 0 Å². The Morgan fingerprint density at radius 3 is 2.39 bits per heavy atom. The zero-order valence-corrected chi connectivity index (χ0v) is 16.2. The topological polar surface area (TPSA) is 9.23 Å². The van der Waals surface area contributed by atoms with Crippen LogP contribution in [0.1, 0.15) is 56.6 Å². The van der Waals surface area contributed by atoms with Gasteiger partial charge in [0.2, 0.25) is 0 Å². The summed E-state index contributed by atoms with van der Waals surface area (Å²) in [5.74, 6) is 0.965. The van der Waals surface area contributed by atoms with Crippen LogP contribution in [-0.4, -0.2) is 6.61 Å². The molecule has 0 fully saturated rings. The largest absolute Gasteiger partial charge is 0.494 e. The van der Waals surface area contributed by atoms with Crippen LogP contribution < -0.4 is 4.74 Å². The number of halogens is 1. The van der Waals surface area contributed by atoms with Gasteiger partial charge in [-0.15, -0.1) is 11.3 Å². The summed E-state index contributed by atoms with van der Waals surface area (Å²) in [6.45, 7) is 3.07. The smallest absolute Gasteiger partial charge is 0.119 e. The zero-order valence-electron chi connectivity index (χ0n) is 13.8. The average Bonchev–Trinajstić information content (AvgIpc) is 2.98. The molecule has 0 amide bonds. The predicted octanol–water partition coefficient (Wildman–Crippen LogP) is 7.42. The van der Waals surface area contributed by atoms with Gasteiger partial charge in [-0.25, -0.2) is 0 Å². The summed E-state index contributed by atoms with van der Waals surface area (Å²) in [7, 11) is 0. The molecular formula is C20H25BrOS. The first-order chi connectivity index (χ1) is 11.3. The van der Waals surface area contributed by atoms with Gasteiger partial charge in [-0.3, -0.25) is 0 Å². The Hall–Kier alpha value is -1.06. The van der Waals surface area contributed by atoms with Gasteiger partial charge in [0, 0.05) is 0 Å². The Balaban J connectivity index is 1.70. The molecule has 3 heteroatoms. The van der Waals surface area contributed by atoms with Crippen LogP contribution in [0.15, 0.2) is 39.5 Å². The number of unbranched alkanes of at least 4 members (excludes halogenated alkanes) is 5. The Morgan fingerprint density at radius 1 is 0.957 bits per heavy atom. The highest BCUT2D eigenvalue weighted by Crippen LogP contribution is 2.25. The summed E-state index contributed by atoms with van der Waals surface area (Å²) >= 11 is 5.26. The van der Waals surface area contributed by atoms with E-state index in [0.29, 0.717) is 0 Å². The minimum absolute atomic E-state index is 0.823. The molecule has 0 spiro atoms. The molecule has 0 aliphatic carbocycles. The van der Waals surface area contributed by atoms with E-state index in [4.69, 9.17) is 4.74 Å². The van der Waals surface area contributed by atoms with Crippen molar-refractivity contribution >= 4 is 39.4 Å². The molecular weight excluding hydrogens is 368 g/mol. The van der Waals surface area contributed by atoms with Gasteiger partial charge in [0.05, 0.1) is 10.4 Å².